The molecule has 1 aromatic rings. The van der Waals surface area contributed by atoms with E-state index in [9.17, 15) is 22.5 Å². The van der Waals surface area contributed by atoms with Crippen LogP contribution >= 0.6 is 0 Å². The molecule has 2 saturated heterocycles. The van der Waals surface area contributed by atoms with Crippen molar-refractivity contribution in [1.29, 1.82) is 0 Å². The summed E-state index contributed by atoms with van der Waals surface area (Å²) in [6, 6.07) is 1.24. The van der Waals surface area contributed by atoms with Crippen LogP contribution in [0, 0.1) is 23.4 Å². The smallest absolute Gasteiger partial charge is 0.237 e. The van der Waals surface area contributed by atoms with Gasteiger partial charge in [0.2, 0.25) is 5.91 Å². The van der Waals surface area contributed by atoms with Crippen LogP contribution in [-0.2, 0) is 22.6 Å². The van der Waals surface area contributed by atoms with Gasteiger partial charge in [-0.3, -0.25) is 4.79 Å². The standard InChI is InChI=1S/C22H32F3N3O2S/c1-22(2,3)31(30)27-20(10-13-9-18(24)19(25)11-17(13)23)14-7-15-5-6-16(8-14)28(15)21(29)12-26-4/h9,11,14-16,20,26-27H,5-8,10,12H2,1-4H3/t14-,15-,16+,20-,31+/m1/s1. The highest BCUT2D eigenvalue weighted by atomic mass is 32.2. The van der Waals surface area contributed by atoms with Crippen LogP contribution in [0.5, 0.6) is 0 Å². The number of piperidine rings is 1. The zero-order valence-electron chi connectivity index (χ0n) is 18.5. The molecule has 2 bridgehead atoms. The van der Waals surface area contributed by atoms with Gasteiger partial charge in [-0.2, -0.15) is 0 Å². The highest BCUT2D eigenvalue weighted by Crippen LogP contribution is 2.41. The average Bonchev–Trinajstić information content (AvgIpc) is 2.94. The third kappa shape index (κ3) is 5.56. The lowest BCUT2D eigenvalue weighted by Crippen LogP contribution is -2.55. The van der Waals surface area contributed by atoms with Gasteiger partial charge in [0.05, 0.1) is 12.6 Å². The number of nitrogens with zero attached hydrogens (tertiary/aromatic N) is 1. The Kier molecular flexibility index (Phi) is 7.61. The van der Waals surface area contributed by atoms with Gasteiger partial charge in [0, 0.05) is 29.5 Å². The van der Waals surface area contributed by atoms with Crippen molar-refractivity contribution in [3.63, 3.8) is 0 Å². The van der Waals surface area contributed by atoms with Crippen molar-refractivity contribution in [2.75, 3.05) is 13.6 Å². The van der Waals surface area contributed by atoms with Crippen LogP contribution in [0.15, 0.2) is 12.1 Å². The van der Waals surface area contributed by atoms with Gasteiger partial charge in [-0.05, 0) is 77.5 Å². The van der Waals surface area contributed by atoms with Gasteiger partial charge in [-0.15, -0.1) is 4.72 Å². The Morgan fingerprint density at radius 1 is 1.16 bits per heavy atom. The summed E-state index contributed by atoms with van der Waals surface area (Å²) in [7, 11) is 1.74. The van der Waals surface area contributed by atoms with Crippen LogP contribution < -0.4 is 10.0 Å². The number of carbonyl (C=O) groups excluding carboxylic acids is 1. The number of amides is 1. The average molecular weight is 460 g/mol. The Bertz CT molecular complexity index is 791. The van der Waals surface area contributed by atoms with Crippen molar-refractivity contribution in [1.82, 2.24) is 14.9 Å². The summed E-state index contributed by atoms with van der Waals surface area (Å²) in [6.45, 7) is 5.81. The minimum absolute atomic E-state index is 0.0370. The highest BCUT2D eigenvalue weighted by Gasteiger charge is 2.46. The van der Waals surface area contributed by atoms with Crippen LogP contribution in [0.3, 0.4) is 0 Å². The summed E-state index contributed by atoms with van der Waals surface area (Å²) in [5.41, 5.74) is 0.0587. The molecule has 2 aliphatic rings. The second kappa shape index (κ2) is 9.68. The third-order valence-electron chi connectivity index (χ3n) is 6.30. The number of benzene rings is 1. The van der Waals surface area contributed by atoms with Gasteiger partial charge in [-0.25, -0.2) is 13.2 Å². The van der Waals surface area contributed by atoms with Gasteiger partial charge in [0.15, 0.2) is 11.6 Å². The van der Waals surface area contributed by atoms with E-state index in [1.54, 1.807) is 7.05 Å². The van der Waals surface area contributed by atoms with Crippen LogP contribution in [-0.4, -0.2) is 51.8 Å². The number of nitrogens with one attached hydrogen (secondary N) is 2. The van der Waals surface area contributed by atoms with Crippen molar-refractivity contribution in [2.24, 2.45) is 5.92 Å². The number of fused-ring (bicyclic) bond motifs is 2. The third-order valence-corrected chi connectivity index (χ3v) is 7.93. The maximum absolute atomic E-state index is 14.4. The second-order valence-corrected chi connectivity index (χ2v) is 11.6. The Morgan fingerprint density at radius 2 is 1.74 bits per heavy atom. The normalized spacial score (nSPS) is 25.5. The molecule has 2 heterocycles. The molecule has 0 unspecified atom stereocenters. The summed E-state index contributed by atoms with van der Waals surface area (Å²) in [4.78, 5) is 14.5. The fourth-order valence-corrected chi connectivity index (χ4v) is 5.68. The predicted molar refractivity (Wildman–Crippen MR) is 115 cm³/mol. The van der Waals surface area contributed by atoms with Crippen LogP contribution in [0.25, 0.3) is 0 Å². The molecular weight excluding hydrogens is 427 g/mol. The van der Waals surface area contributed by atoms with E-state index in [1.807, 2.05) is 25.7 Å². The molecule has 0 spiro atoms. The van der Waals surface area contributed by atoms with Crippen molar-refractivity contribution >= 4 is 17.3 Å². The molecule has 2 N–H and O–H groups in total. The first-order valence-electron chi connectivity index (χ1n) is 10.8. The number of rotatable bonds is 7. The molecule has 174 valence electrons. The Hall–Kier alpha value is -1.29. The van der Waals surface area contributed by atoms with E-state index in [0.717, 1.165) is 18.9 Å². The molecule has 1 aromatic carbocycles. The monoisotopic (exact) mass is 459 g/mol. The van der Waals surface area contributed by atoms with Crippen LogP contribution in [0.4, 0.5) is 13.2 Å². The first-order valence-corrected chi connectivity index (χ1v) is 11.9. The van der Waals surface area contributed by atoms with Gasteiger partial charge in [-0.1, -0.05) is 0 Å². The zero-order chi connectivity index (χ0) is 22.9. The first kappa shape index (κ1) is 24.4. The summed E-state index contributed by atoms with van der Waals surface area (Å²) in [6.07, 6.45) is 3.32. The van der Waals surface area contributed by atoms with Gasteiger partial charge < -0.3 is 14.8 Å². The van der Waals surface area contributed by atoms with Gasteiger partial charge >= 0.3 is 0 Å². The zero-order valence-corrected chi connectivity index (χ0v) is 19.3. The minimum atomic E-state index is -1.41. The van der Waals surface area contributed by atoms with Gasteiger partial charge in [0.25, 0.3) is 0 Å². The minimum Gasteiger partial charge on any atom is -0.598 e. The van der Waals surface area contributed by atoms with E-state index in [1.165, 1.54) is 0 Å². The molecule has 0 radical (unpaired) electrons. The topological polar surface area (TPSA) is 67.4 Å². The van der Waals surface area contributed by atoms with Crippen LogP contribution in [0.1, 0.15) is 52.0 Å². The first-order chi connectivity index (χ1) is 14.5. The molecule has 5 nitrogen and oxygen atoms in total. The van der Waals surface area contributed by atoms with Crippen molar-refractivity contribution < 1.29 is 22.5 Å². The molecule has 9 heteroatoms. The fraction of sp³-hybridized carbons (Fsp3) is 0.682. The van der Waals surface area contributed by atoms with E-state index in [-0.39, 0.29) is 48.5 Å². The molecule has 0 aliphatic carbocycles. The Labute approximate surface area is 185 Å². The molecule has 31 heavy (non-hydrogen) atoms. The SMILES string of the molecule is CNCC(=O)N1[C@@H]2CC[C@H]1C[C@H]([C@@H](Cc1cc(F)c(F)cc1F)N[S@@+]([O-])C(C)(C)C)C2. The predicted octanol–water partition coefficient (Wildman–Crippen LogP) is 3.06. The number of hydrogen-bond acceptors (Lipinski definition) is 4. The molecule has 2 aliphatic heterocycles. The number of halogens is 3. The summed E-state index contributed by atoms with van der Waals surface area (Å²) in [5.74, 6) is -3.02. The fourth-order valence-electron chi connectivity index (χ4n) is 4.77. The maximum atomic E-state index is 14.4. The second-order valence-electron chi connectivity index (χ2n) is 9.62. The maximum Gasteiger partial charge on any atom is 0.237 e. The lowest BCUT2D eigenvalue weighted by Gasteiger charge is -2.42. The molecule has 3 rings (SSSR count). The molecular formula is C22H32F3N3O2S. The lowest BCUT2D eigenvalue weighted by atomic mass is 9.82. The quantitative estimate of drug-likeness (QED) is 0.486. The van der Waals surface area contributed by atoms with E-state index < -0.39 is 33.6 Å². The molecule has 0 aromatic heterocycles. The highest BCUT2D eigenvalue weighted by molar-refractivity contribution is 7.90. The van der Waals surface area contributed by atoms with Crippen molar-refractivity contribution in [3.05, 3.63) is 35.1 Å². The van der Waals surface area contributed by atoms with E-state index in [4.69, 9.17) is 0 Å². The Morgan fingerprint density at radius 3 is 2.29 bits per heavy atom. The van der Waals surface area contributed by atoms with Crippen LogP contribution in [0.2, 0.25) is 0 Å². The van der Waals surface area contributed by atoms with E-state index in [2.05, 4.69) is 10.0 Å². The number of carbonyl (C=O) groups is 1. The van der Waals surface area contributed by atoms with E-state index >= 15 is 0 Å². The lowest BCUT2D eigenvalue weighted by molar-refractivity contribution is -0.135. The van der Waals surface area contributed by atoms with Crippen molar-refractivity contribution in [3.8, 4) is 0 Å². The molecule has 1 amide bonds. The summed E-state index contributed by atoms with van der Waals surface area (Å²) in [5, 5.41) is 2.91. The summed E-state index contributed by atoms with van der Waals surface area (Å²) < 4.78 is 57.0. The Balaban J connectivity index is 1.82. The molecule has 0 saturated carbocycles. The van der Waals surface area contributed by atoms with E-state index in [0.29, 0.717) is 18.9 Å². The number of hydrogen-bond donors (Lipinski definition) is 2. The number of likely N-dealkylation sites (N-methyl/N-ethyl adjacent to an activating group) is 1. The van der Waals surface area contributed by atoms with Crippen molar-refractivity contribution in [2.45, 2.75) is 75.7 Å². The largest absolute Gasteiger partial charge is 0.598 e. The molecule has 5 atom stereocenters. The van der Waals surface area contributed by atoms with Gasteiger partial charge in [0.1, 0.15) is 10.6 Å². The molecule has 2 fully saturated rings. The summed E-state index contributed by atoms with van der Waals surface area (Å²) >= 11 is -1.41.